The summed E-state index contributed by atoms with van der Waals surface area (Å²) < 4.78 is 9.28. The Morgan fingerprint density at radius 3 is 2.64 bits per heavy atom. The molecule has 0 bridgehead atoms. The molecule has 0 aliphatic carbocycles. The van der Waals surface area contributed by atoms with Crippen LogP contribution in [-0.4, -0.2) is 7.11 Å². The highest BCUT2D eigenvalue weighted by Crippen LogP contribution is 2.24. The molecular weight excluding hydrogens is 368 g/mol. The van der Waals surface area contributed by atoms with Crippen LogP contribution in [0.5, 0.6) is 5.75 Å². The summed E-state index contributed by atoms with van der Waals surface area (Å²) in [6.07, 6.45) is 0. The summed E-state index contributed by atoms with van der Waals surface area (Å²) in [5.74, 6) is 0.893. The minimum absolute atomic E-state index is 0.893. The zero-order valence-electron chi connectivity index (χ0n) is 5.90. The zero-order valence-corrected chi connectivity index (χ0v) is 10.2. The van der Waals surface area contributed by atoms with Gasteiger partial charge in [0.1, 0.15) is 5.75 Å². The lowest BCUT2D eigenvalue weighted by Crippen LogP contribution is -1.87. The molecule has 0 saturated heterocycles. The van der Waals surface area contributed by atoms with E-state index in [9.17, 15) is 0 Å². The van der Waals surface area contributed by atoms with Gasteiger partial charge in [-0.1, -0.05) is 0 Å². The van der Waals surface area contributed by atoms with Gasteiger partial charge < -0.3 is 8.27 Å². The Labute approximate surface area is 93.3 Å². The predicted molar refractivity (Wildman–Crippen MR) is 63.4 cm³/mol. The smallest absolute Gasteiger partial charge is 0.120 e. The number of nitrogens with one attached hydrogen (secondary N) is 1. The zero-order chi connectivity index (χ0) is 8.27. The molecular formula is C7H7I2NO. The fourth-order valence-electron chi connectivity index (χ4n) is 0.699. The Balaban J connectivity index is 2.99. The van der Waals surface area contributed by atoms with E-state index in [1.54, 1.807) is 7.11 Å². The maximum Gasteiger partial charge on any atom is 0.120 e. The minimum Gasteiger partial charge on any atom is -0.497 e. The minimum atomic E-state index is 0.893. The summed E-state index contributed by atoms with van der Waals surface area (Å²) in [4.78, 5) is 0. The van der Waals surface area contributed by atoms with Gasteiger partial charge in [0.15, 0.2) is 0 Å². The highest BCUT2D eigenvalue weighted by atomic mass is 127. The second kappa shape index (κ2) is 4.34. The van der Waals surface area contributed by atoms with E-state index in [1.165, 1.54) is 0 Å². The fraction of sp³-hybridized carbons (Fsp3) is 0.143. The summed E-state index contributed by atoms with van der Waals surface area (Å²) in [7, 11) is 1.67. The maximum atomic E-state index is 5.06. The van der Waals surface area contributed by atoms with E-state index in [0.717, 1.165) is 15.0 Å². The van der Waals surface area contributed by atoms with Crippen molar-refractivity contribution in [1.82, 2.24) is 0 Å². The summed E-state index contributed by atoms with van der Waals surface area (Å²) in [5, 5.41) is 0. The van der Waals surface area contributed by atoms with Gasteiger partial charge in [-0.15, -0.1) is 0 Å². The number of halogens is 2. The van der Waals surface area contributed by atoms with Crippen LogP contribution in [0, 0.1) is 3.57 Å². The van der Waals surface area contributed by atoms with Crippen molar-refractivity contribution in [2.24, 2.45) is 0 Å². The molecule has 0 spiro atoms. The molecule has 0 heterocycles. The first-order valence-corrected chi connectivity index (χ1v) is 5.14. The molecule has 11 heavy (non-hydrogen) atoms. The molecule has 2 nitrogen and oxygen atoms in total. The molecule has 1 rings (SSSR count). The molecule has 0 saturated carbocycles. The lowest BCUT2D eigenvalue weighted by molar-refractivity contribution is 0.414. The number of hydrogen-bond acceptors (Lipinski definition) is 2. The van der Waals surface area contributed by atoms with Crippen LogP contribution in [0.3, 0.4) is 0 Å². The van der Waals surface area contributed by atoms with E-state index in [4.69, 9.17) is 4.74 Å². The monoisotopic (exact) mass is 375 g/mol. The molecule has 0 aliphatic rings. The van der Waals surface area contributed by atoms with Gasteiger partial charge in [-0.3, -0.25) is 0 Å². The highest BCUT2D eigenvalue weighted by molar-refractivity contribution is 14.1. The third-order valence-corrected chi connectivity index (χ3v) is 2.75. The van der Waals surface area contributed by atoms with Gasteiger partial charge >= 0.3 is 0 Å². The van der Waals surface area contributed by atoms with E-state index in [-0.39, 0.29) is 0 Å². The van der Waals surface area contributed by atoms with Crippen LogP contribution in [0.2, 0.25) is 0 Å². The van der Waals surface area contributed by atoms with Crippen LogP contribution in [0.1, 0.15) is 0 Å². The first kappa shape index (κ1) is 9.37. The first-order chi connectivity index (χ1) is 5.27. The fourth-order valence-corrected chi connectivity index (χ4v) is 2.31. The Morgan fingerprint density at radius 2 is 2.18 bits per heavy atom. The van der Waals surface area contributed by atoms with Gasteiger partial charge in [-0.05, 0) is 40.8 Å². The Morgan fingerprint density at radius 1 is 1.45 bits per heavy atom. The van der Waals surface area contributed by atoms with Gasteiger partial charge in [-0.2, -0.15) is 0 Å². The van der Waals surface area contributed by atoms with Crippen molar-refractivity contribution in [2.75, 3.05) is 10.6 Å². The molecule has 0 aromatic heterocycles. The highest BCUT2D eigenvalue weighted by Gasteiger charge is 1.98. The van der Waals surface area contributed by atoms with E-state index in [0.29, 0.717) is 0 Å². The van der Waals surface area contributed by atoms with Crippen LogP contribution in [0.25, 0.3) is 0 Å². The van der Waals surface area contributed by atoms with Crippen molar-refractivity contribution in [2.45, 2.75) is 0 Å². The summed E-state index contributed by atoms with van der Waals surface area (Å²) in [5.41, 5.74) is 1.12. The quantitative estimate of drug-likeness (QED) is 0.634. The Kier molecular flexibility index (Phi) is 3.70. The van der Waals surface area contributed by atoms with Crippen LogP contribution < -0.4 is 8.27 Å². The average molecular weight is 375 g/mol. The topological polar surface area (TPSA) is 21.3 Å². The number of benzene rings is 1. The third-order valence-electron chi connectivity index (χ3n) is 1.28. The molecule has 1 aromatic carbocycles. The largest absolute Gasteiger partial charge is 0.497 e. The molecule has 0 fully saturated rings. The van der Waals surface area contributed by atoms with Gasteiger partial charge in [0.2, 0.25) is 0 Å². The number of methoxy groups -OCH3 is 1. The molecule has 0 aliphatic heterocycles. The number of hydrogen-bond donors (Lipinski definition) is 1. The summed E-state index contributed by atoms with van der Waals surface area (Å²) in [6, 6.07) is 5.91. The average Bonchev–Trinajstić information content (AvgIpc) is 2.04. The normalized spacial score (nSPS) is 9.36. The molecule has 4 heteroatoms. The maximum absolute atomic E-state index is 5.06. The Bertz CT molecular complexity index is 252. The van der Waals surface area contributed by atoms with Gasteiger partial charge in [-0.25, -0.2) is 0 Å². The molecule has 60 valence electrons. The summed E-state index contributed by atoms with van der Waals surface area (Å²) in [6.45, 7) is 0. The van der Waals surface area contributed by atoms with Crippen molar-refractivity contribution < 1.29 is 4.74 Å². The molecule has 0 amide bonds. The van der Waals surface area contributed by atoms with Crippen LogP contribution in [0.15, 0.2) is 18.2 Å². The molecule has 0 radical (unpaired) electrons. The number of ether oxygens (including phenoxy) is 1. The van der Waals surface area contributed by atoms with E-state index in [1.807, 2.05) is 18.2 Å². The van der Waals surface area contributed by atoms with Crippen LogP contribution in [0.4, 0.5) is 5.69 Å². The SMILES string of the molecule is COc1ccc(NI)c(I)c1. The second-order valence-electron chi connectivity index (χ2n) is 1.94. The lowest BCUT2D eigenvalue weighted by Gasteiger charge is -2.03. The first-order valence-electron chi connectivity index (χ1n) is 2.98. The van der Waals surface area contributed by atoms with Gasteiger partial charge in [0.05, 0.1) is 35.7 Å². The second-order valence-corrected chi connectivity index (χ2v) is 3.64. The molecule has 0 unspecified atom stereocenters. The lowest BCUT2D eigenvalue weighted by atomic mass is 10.3. The standard InChI is InChI=1S/C7H7I2NO/c1-11-5-2-3-7(10-9)6(8)4-5/h2-4,10H,1H3. The predicted octanol–water partition coefficient (Wildman–Crippen LogP) is 3.06. The van der Waals surface area contributed by atoms with Gasteiger partial charge in [0, 0.05) is 3.57 Å². The van der Waals surface area contributed by atoms with Crippen molar-refractivity contribution in [1.29, 1.82) is 0 Å². The van der Waals surface area contributed by atoms with Crippen molar-refractivity contribution in [3.63, 3.8) is 0 Å². The summed E-state index contributed by atoms with van der Waals surface area (Å²) >= 11 is 4.37. The van der Waals surface area contributed by atoms with Crippen molar-refractivity contribution >= 4 is 51.1 Å². The van der Waals surface area contributed by atoms with E-state index in [2.05, 4.69) is 49.0 Å². The molecule has 0 atom stereocenters. The number of rotatable bonds is 2. The third kappa shape index (κ3) is 2.36. The molecule has 1 N–H and O–H groups in total. The van der Waals surface area contributed by atoms with Gasteiger partial charge in [0.25, 0.3) is 0 Å². The Hall–Kier alpha value is 0.280. The molecule has 1 aromatic rings. The van der Waals surface area contributed by atoms with Crippen molar-refractivity contribution in [3.8, 4) is 5.75 Å². The van der Waals surface area contributed by atoms with E-state index >= 15 is 0 Å². The number of anilines is 1. The van der Waals surface area contributed by atoms with Crippen LogP contribution in [-0.2, 0) is 0 Å². The van der Waals surface area contributed by atoms with E-state index < -0.39 is 0 Å². The van der Waals surface area contributed by atoms with Crippen molar-refractivity contribution in [3.05, 3.63) is 21.8 Å². The van der Waals surface area contributed by atoms with Crippen LogP contribution >= 0.6 is 45.5 Å².